The van der Waals surface area contributed by atoms with Crippen molar-refractivity contribution in [1.29, 1.82) is 0 Å². The SMILES string of the molecule is Cc1cc(C)nc(-n2[nH]c(C)c(Cc3c(C)[nH]n(-c4nc(C)cc(C)n4)c3=O)c2=O)n1. The predicted molar refractivity (Wildman–Crippen MR) is 115 cm³/mol. The molecule has 0 aromatic carbocycles. The first kappa shape index (κ1) is 20.5. The number of aromatic amines is 2. The topological polar surface area (TPSA) is 127 Å². The molecule has 10 heteroatoms. The molecule has 4 rings (SSSR count). The second-order valence-electron chi connectivity index (χ2n) is 7.79. The Kier molecular flexibility index (Phi) is 4.92. The molecule has 0 spiro atoms. The van der Waals surface area contributed by atoms with Gasteiger partial charge in [-0.15, -0.1) is 0 Å². The smallest absolute Gasteiger partial charge is 0.277 e. The van der Waals surface area contributed by atoms with Crippen molar-refractivity contribution in [2.45, 2.75) is 48.0 Å². The van der Waals surface area contributed by atoms with Gasteiger partial charge in [-0.05, 0) is 53.7 Å². The Morgan fingerprint density at radius 2 is 0.968 bits per heavy atom. The van der Waals surface area contributed by atoms with E-state index >= 15 is 0 Å². The van der Waals surface area contributed by atoms with Crippen molar-refractivity contribution in [3.05, 3.63) is 78.1 Å². The lowest BCUT2D eigenvalue weighted by Crippen LogP contribution is -2.23. The summed E-state index contributed by atoms with van der Waals surface area (Å²) in [5, 5.41) is 6.06. The lowest BCUT2D eigenvalue weighted by molar-refractivity contribution is 0.761. The van der Waals surface area contributed by atoms with Crippen LogP contribution in [-0.4, -0.2) is 39.5 Å². The maximum Gasteiger partial charge on any atom is 0.277 e. The highest BCUT2D eigenvalue weighted by Crippen LogP contribution is 2.12. The van der Waals surface area contributed by atoms with E-state index in [2.05, 4.69) is 30.1 Å². The van der Waals surface area contributed by atoms with Gasteiger partial charge in [0.05, 0.1) is 0 Å². The largest absolute Gasteiger partial charge is 0.292 e. The molecule has 0 saturated carbocycles. The molecule has 0 atom stereocenters. The average molecular weight is 420 g/mol. The van der Waals surface area contributed by atoms with Crippen LogP contribution in [0, 0.1) is 41.5 Å². The Morgan fingerprint density at radius 3 is 1.29 bits per heavy atom. The van der Waals surface area contributed by atoms with Crippen molar-refractivity contribution >= 4 is 0 Å². The normalized spacial score (nSPS) is 11.3. The third kappa shape index (κ3) is 3.72. The van der Waals surface area contributed by atoms with Crippen molar-refractivity contribution < 1.29 is 0 Å². The first-order chi connectivity index (χ1) is 14.6. The molecule has 10 nitrogen and oxygen atoms in total. The Morgan fingerprint density at radius 1 is 0.645 bits per heavy atom. The first-order valence-electron chi connectivity index (χ1n) is 9.90. The molecule has 2 N–H and O–H groups in total. The number of nitrogens with one attached hydrogen (secondary N) is 2. The summed E-state index contributed by atoms with van der Waals surface area (Å²) in [4.78, 5) is 43.6. The van der Waals surface area contributed by atoms with E-state index < -0.39 is 0 Å². The summed E-state index contributed by atoms with van der Waals surface area (Å²) in [6.45, 7) is 11.0. The van der Waals surface area contributed by atoms with Crippen LogP contribution in [0.2, 0.25) is 0 Å². The van der Waals surface area contributed by atoms with E-state index in [4.69, 9.17) is 0 Å². The average Bonchev–Trinajstić information content (AvgIpc) is 3.11. The van der Waals surface area contributed by atoms with Gasteiger partial charge in [-0.3, -0.25) is 19.8 Å². The van der Waals surface area contributed by atoms with Crippen molar-refractivity contribution in [3.8, 4) is 11.9 Å². The number of aryl methyl sites for hydroxylation is 6. The maximum atomic E-state index is 13.1. The van der Waals surface area contributed by atoms with Gasteiger partial charge >= 0.3 is 0 Å². The molecular weight excluding hydrogens is 396 g/mol. The lowest BCUT2D eigenvalue weighted by Gasteiger charge is -2.02. The molecule has 0 unspecified atom stereocenters. The zero-order chi connectivity index (χ0) is 22.4. The highest BCUT2D eigenvalue weighted by atomic mass is 16.1. The van der Waals surface area contributed by atoms with Gasteiger partial charge in [-0.2, -0.15) is 9.36 Å². The minimum absolute atomic E-state index is 0.165. The molecule has 31 heavy (non-hydrogen) atoms. The van der Waals surface area contributed by atoms with Crippen LogP contribution in [0.25, 0.3) is 11.9 Å². The van der Waals surface area contributed by atoms with E-state index in [0.717, 1.165) is 22.8 Å². The zero-order valence-corrected chi connectivity index (χ0v) is 18.4. The molecule has 4 heterocycles. The minimum atomic E-state index is -0.281. The Hall–Kier alpha value is -3.82. The number of hydrogen-bond acceptors (Lipinski definition) is 6. The van der Waals surface area contributed by atoms with Gasteiger partial charge < -0.3 is 0 Å². The lowest BCUT2D eigenvalue weighted by atomic mass is 10.1. The van der Waals surface area contributed by atoms with Crippen LogP contribution < -0.4 is 11.1 Å². The monoisotopic (exact) mass is 420 g/mol. The molecule has 4 aromatic rings. The fraction of sp³-hybridized carbons (Fsp3) is 0.333. The number of nitrogens with zero attached hydrogens (tertiary/aromatic N) is 6. The summed E-state index contributed by atoms with van der Waals surface area (Å²) in [6.07, 6.45) is 0.165. The highest BCUT2D eigenvalue weighted by Gasteiger charge is 2.20. The molecule has 0 fully saturated rings. The fourth-order valence-electron chi connectivity index (χ4n) is 3.65. The molecule has 0 bridgehead atoms. The molecule has 0 amide bonds. The van der Waals surface area contributed by atoms with E-state index in [-0.39, 0.29) is 29.4 Å². The molecule has 0 radical (unpaired) electrons. The van der Waals surface area contributed by atoms with Crippen LogP contribution in [0.1, 0.15) is 45.3 Å². The van der Waals surface area contributed by atoms with Crippen LogP contribution in [0.4, 0.5) is 0 Å². The molecule has 0 saturated heterocycles. The highest BCUT2D eigenvalue weighted by molar-refractivity contribution is 5.32. The van der Waals surface area contributed by atoms with Crippen LogP contribution >= 0.6 is 0 Å². The minimum Gasteiger partial charge on any atom is -0.292 e. The summed E-state index contributed by atoms with van der Waals surface area (Å²) >= 11 is 0. The van der Waals surface area contributed by atoms with E-state index in [9.17, 15) is 9.59 Å². The Labute approximate surface area is 178 Å². The quantitative estimate of drug-likeness (QED) is 0.517. The van der Waals surface area contributed by atoms with Crippen LogP contribution in [-0.2, 0) is 6.42 Å². The van der Waals surface area contributed by atoms with Gasteiger partial charge in [0.2, 0.25) is 0 Å². The zero-order valence-electron chi connectivity index (χ0n) is 18.4. The van der Waals surface area contributed by atoms with Crippen LogP contribution in [0.3, 0.4) is 0 Å². The van der Waals surface area contributed by atoms with Gasteiger partial charge in [0.15, 0.2) is 0 Å². The van der Waals surface area contributed by atoms with Gasteiger partial charge in [-0.1, -0.05) is 0 Å². The van der Waals surface area contributed by atoms with Gasteiger partial charge in [0.1, 0.15) is 0 Å². The second-order valence-corrected chi connectivity index (χ2v) is 7.79. The maximum absolute atomic E-state index is 13.1. The third-order valence-corrected chi connectivity index (χ3v) is 5.08. The Balaban J connectivity index is 1.77. The summed E-state index contributed by atoms with van der Waals surface area (Å²) in [5.74, 6) is 0.562. The molecule has 0 aliphatic rings. The second kappa shape index (κ2) is 7.46. The number of rotatable bonds is 4. The van der Waals surface area contributed by atoms with Crippen molar-refractivity contribution in [2.75, 3.05) is 0 Å². The number of H-pyrrole nitrogens is 2. The number of aromatic nitrogens is 8. The molecular formula is C21H24N8O2. The van der Waals surface area contributed by atoms with Gasteiger partial charge in [-0.25, -0.2) is 19.9 Å². The standard InChI is InChI=1S/C21H24N8O2/c1-10-7-11(2)23-20(22-10)28-18(30)16(14(5)26-28)9-17-15(6)27-29(19(17)31)21-24-12(3)8-13(4)25-21/h7-8,26-27H,9H2,1-6H3. The van der Waals surface area contributed by atoms with Crippen molar-refractivity contribution in [3.63, 3.8) is 0 Å². The van der Waals surface area contributed by atoms with Crippen LogP contribution in [0.15, 0.2) is 21.7 Å². The van der Waals surface area contributed by atoms with E-state index in [1.807, 2.05) is 39.8 Å². The molecule has 160 valence electrons. The van der Waals surface area contributed by atoms with Crippen molar-refractivity contribution in [1.82, 2.24) is 39.5 Å². The summed E-state index contributed by atoms with van der Waals surface area (Å²) in [7, 11) is 0. The third-order valence-electron chi connectivity index (χ3n) is 5.08. The first-order valence-corrected chi connectivity index (χ1v) is 9.90. The van der Waals surface area contributed by atoms with E-state index in [1.54, 1.807) is 13.8 Å². The summed E-state index contributed by atoms with van der Waals surface area (Å²) in [6, 6.07) is 3.68. The molecule has 0 aliphatic heterocycles. The van der Waals surface area contributed by atoms with Gasteiger partial charge in [0, 0.05) is 51.7 Å². The van der Waals surface area contributed by atoms with Gasteiger partial charge in [0.25, 0.3) is 23.0 Å². The summed E-state index contributed by atoms with van der Waals surface area (Å²) in [5.41, 5.74) is 4.77. The fourth-order valence-corrected chi connectivity index (χ4v) is 3.65. The predicted octanol–water partition coefficient (Wildman–Crippen LogP) is 1.67. The number of hydrogen-bond donors (Lipinski definition) is 2. The Bertz CT molecular complexity index is 1270. The summed E-state index contributed by atoms with van der Waals surface area (Å²) < 4.78 is 2.64. The van der Waals surface area contributed by atoms with Crippen molar-refractivity contribution in [2.24, 2.45) is 0 Å². The van der Waals surface area contributed by atoms with E-state index in [1.165, 1.54) is 9.36 Å². The molecule has 4 aromatic heterocycles. The van der Waals surface area contributed by atoms with E-state index in [0.29, 0.717) is 22.5 Å². The van der Waals surface area contributed by atoms with Crippen LogP contribution in [0.5, 0.6) is 0 Å². The molecule has 0 aliphatic carbocycles.